The Kier molecular flexibility index (Phi) is 7.86. The average Bonchev–Trinajstić information content (AvgIpc) is 2.63. The Balaban J connectivity index is 2.28. The molecule has 8 heteroatoms. The van der Waals surface area contributed by atoms with Crippen LogP contribution in [0.1, 0.15) is 26.3 Å². The number of sulfonamides is 1. The third-order valence-corrected chi connectivity index (χ3v) is 5.61. The second-order valence-corrected chi connectivity index (χ2v) is 8.67. The van der Waals surface area contributed by atoms with Crippen molar-refractivity contribution in [2.24, 2.45) is 0 Å². The van der Waals surface area contributed by atoms with Gasteiger partial charge in [-0.25, -0.2) is 8.42 Å². The second-order valence-electron chi connectivity index (χ2n) is 6.55. The molecular weight excluding hydrogens is 400 g/mol. The van der Waals surface area contributed by atoms with Crippen LogP contribution in [0.25, 0.3) is 0 Å². The zero-order valence-corrected chi connectivity index (χ0v) is 17.7. The van der Waals surface area contributed by atoms with Gasteiger partial charge in [0.25, 0.3) is 0 Å². The number of rotatable bonds is 9. The third kappa shape index (κ3) is 6.22. The van der Waals surface area contributed by atoms with Gasteiger partial charge in [-0.3, -0.25) is 4.79 Å². The molecule has 0 saturated heterocycles. The van der Waals surface area contributed by atoms with Crippen molar-refractivity contribution >= 4 is 27.5 Å². The topological polar surface area (TPSA) is 84.5 Å². The zero-order chi connectivity index (χ0) is 20.7. The van der Waals surface area contributed by atoms with Crippen molar-refractivity contribution in [1.82, 2.24) is 10.0 Å². The predicted octanol–water partition coefficient (Wildman–Crippen LogP) is 3.15. The number of carbonyl (C=O) groups is 1. The molecule has 0 aliphatic heterocycles. The van der Waals surface area contributed by atoms with Gasteiger partial charge in [-0.15, -0.1) is 0 Å². The molecule has 0 fully saturated rings. The highest BCUT2D eigenvalue weighted by molar-refractivity contribution is 7.89. The molecule has 1 atom stereocenters. The Hall–Kier alpha value is -2.09. The summed E-state index contributed by atoms with van der Waals surface area (Å²) in [6.45, 7) is 5.86. The fourth-order valence-electron chi connectivity index (χ4n) is 2.60. The number of hydrogen-bond acceptors (Lipinski definition) is 4. The van der Waals surface area contributed by atoms with Crippen molar-refractivity contribution in [3.63, 3.8) is 0 Å². The summed E-state index contributed by atoms with van der Waals surface area (Å²) in [5.74, 6) is 0.0148. The molecule has 1 unspecified atom stereocenters. The molecule has 0 aromatic heterocycles. The monoisotopic (exact) mass is 424 g/mol. The van der Waals surface area contributed by atoms with E-state index in [4.69, 9.17) is 16.3 Å². The van der Waals surface area contributed by atoms with Gasteiger partial charge < -0.3 is 10.1 Å². The molecule has 0 saturated carbocycles. The molecule has 6 nitrogen and oxygen atoms in total. The van der Waals surface area contributed by atoms with Gasteiger partial charge in [0.15, 0.2) is 0 Å². The van der Waals surface area contributed by atoms with Crippen LogP contribution >= 0.6 is 11.6 Å². The largest absolute Gasteiger partial charge is 0.492 e. The fourth-order valence-corrected chi connectivity index (χ4v) is 4.12. The van der Waals surface area contributed by atoms with E-state index in [0.717, 1.165) is 5.56 Å². The highest BCUT2D eigenvalue weighted by atomic mass is 35.5. The lowest BCUT2D eigenvalue weighted by Gasteiger charge is -2.20. The molecule has 0 aliphatic rings. The van der Waals surface area contributed by atoms with Crippen LogP contribution in [0.15, 0.2) is 53.4 Å². The quantitative estimate of drug-likeness (QED) is 0.647. The van der Waals surface area contributed by atoms with Crippen molar-refractivity contribution in [3.05, 3.63) is 59.1 Å². The molecule has 152 valence electrons. The highest BCUT2D eigenvalue weighted by Crippen LogP contribution is 2.27. The van der Waals surface area contributed by atoms with E-state index in [-0.39, 0.29) is 28.3 Å². The van der Waals surface area contributed by atoms with E-state index in [2.05, 4.69) is 10.0 Å². The van der Waals surface area contributed by atoms with Gasteiger partial charge in [0.2, 0.25) is 15.9 Å². The van der Waals surface area contributed by atoms with E-state index in [1.54, 1.807) is 0 Å². The van der Waals surface area contributed by atoms with Crippen LogP contribution in [-0.4, -0.2) is 33.0 Å². The summed E-state index contributed by atoms with van der Waals surface area (Å²) < 4.78 is 33.5. The van der Waals surface area contributed by atoms with E-state index >= 15 is 0 Å². The zero-order valence-electron chi connectivity index (χ0n) is 16.1. The van der Waals surface area contributed by atoms with Gasteiger partial charge in [0, 0.05) is 6.04 Å². The number of carbonyl (C=O) groups excluding carboxylic acids is 1. The standard InChI is InChI=1S/C20H25ClN2O4S/c1-4-27-19-11-10-16(13-17(19)21)28(25,26)23-18(20(24)22-14(2)3)12-15-8-6-5-7-9-15/h5-11,13-14,18,23H,4,12H2,1-3H3,(H,22,24). The summed E-state index contributed by atoms with van der Waals surface area (Å²) in [4.78, 5) is 12.6. The first-order valence-electron chi connectivity index (χ1n) is 9.02. The molecule has 2 N–H and O–H groups in total. The predicted molar refractivity (Wildman–Crippen MR) is 110 cm³/mol. The van der Waals surface area contributed by atoms with Gasteiger partial charge in [-0.05, 0) is 51.0 Å². The van der Waals surface area contributed by atoms with Crippen molar-refractivity contribution in [3.8, 4) is 5.75 Å². The SMILES string of the molecule is CCOc1ccc(S(=O)(=O)NC(Cc2ccccc2)C(=O)NC(C)C)cc1Cl. The smallest absolute Gasteiger partial charge is 0.241 e. The molecule has 0 aliphatic carbocycles. The number of hydrogen-bond donors (Lipinski definition) is 2. The Labute approximate surface area is 171 Å². The number of benzene rings is 2. The summed E-state index contributed by atoms with van der Waals surface area (Å²) in [6.07, 6.45) is 0.226. The number of nitrogens with one attached hydrogen (secondary N) is 2. The molecular formula is C20H25ClN2O4S. The first-order valence-corrected chi connectivity index (χ1v) is 10.9. The normalized spacial score (nSPS) is 12.6. The lowest BCUT2D eigenvalue weighted by Crippen LogP contribution is -2.49. The minimum atomic E-state index is -3.97. The van der Waals surface area contributed by atoms with Gasteiger partial charge in [0.05, 0.1) is 16.5 Å². The summed E-state index contributed by atoms with van der Waals surface area (Å²) in [7, 11) is -3.97. The summed E-state index contributed by atoms with van der Waals surface area (Å²) in [6, 6.07) is 12.4. The Morgan fingerprint density at radius 3 is 2.39 bits per heavy atom. The lowest BCUT2D eigenvalue weighted by molar-refractivity contribution is -0.123. The number of halogens is 1. The van der Waals surface area contributed by atoms with Gasteiger partial charge in [-0.1, -0.05) is 41.9 Å². The summed E-state index contributed by atoms with van der Waals surface area (Å²) in [5.41, 5.74) is 0.846. The maximum absolute atomic E-state index is 12.9. The minimum Gasteiger partial charge on any atom is -0.492 e. The molecule has 0 heterocycles. The van der Waals surface area contributed by atoms with Gasteiger partial charge >= 0.3 is 0 Å². The van der Waals surface area contributed by atoms with Crippen LogP contribution in [-0.2, 0) is 21.2 Å². The van der Waals surface area contributed by atoms with E-state index in [1.165, 1.54) is 18.2 Å². The van der Waals surface area contributed by atoms with Crippen molar-refractivity contribution < 1.29 is 17.9 Å². The molecule has 2 aromatic rings. The van der Waals surface area contributed by atoms with Crippen LogP contribution in [0.5, 0.6) is 5.75 Å². The molecule has 1 amide bonds. The van der Waals surface area contributed by atoms with Crippen LogP contribution < -0.4 is 14.8 Å². The maximum atomic E-state index is 12.9. The molecule has 2 rings (SSSR count). The van der Waals surface area contributed by atoms with Crippen LogP contribution in [0.3, 0.4) is 0 Å². The molecule has 0 radical (unpaired) electrons. The number of ether oxygens (including phenoxy) is 1. The van der Waals surface area contributed by atoms with E-state index in [1.807, 2.05) is 51.1 Å². The second kappa shape index (κ2) is 9.91. The first kappa shape index (κ1) is 22.2. The molecule has 0 bridgehead atoms. The van der Waals surface area contributed by atoms with Crippen LogP contribution in [0, 0.1) is 0 Å². The molecule has 0 spiro atoms. The molecule has 28 heavy (non-hydrogen) atoms. The van der Waals surface area contributed by atoms with Crippen LogP contribution in [0.4, 0.5) is 0 Å². The van der Waals surface area contributed by atoms with Crippen LogP contribution in [0.2, 0.25) is 5.02 Å². The maximum Gasteiger partial charge on any atom is 0.241 e. The Morgan fingerprint density at radius 1 is 1.14 bits per heavy atom. The third-order valence-electron chi connectivity index (χ3n) is 3.84. The number of amides is 1. The lowest BCUT2D eigenvalue weighted by atomic mass is 10.1. The van der Waals surface area contributed by atoms with E-state index < -0.39 is 16.1 Å². The van der Waals surface area contributed by atoms with Gasteiger partial charge in [0.1, 0.15) is 11.8 Å². The summed E-state index contributed by atoms with van der Waals surface area (Å²) in [5, 5.41) is 2.95. The minimum absolute atomic E-state index is 0.0311. The summed E-state index contributed by atoms with van der Waals surface area (Å²) >= 11 is 6.12. The van der Waals surface area contributed by atoms with E-state index in [9.17, 15) is 13.2 Å². The molecule has 2 aromatic carbocycles. The van der Waals surface area contributed by atoms with Crippen molar-refractivity contribution in [1.29, 1.82) is 0 Å². The average molecular weight is 425 g/mol. The Morgan fingerprint density at radius 2 is 1.82 bits per heavy atom. The Bertz CT molecular complexity index is 902. The van der Waals surface area contributed by atoms with Crippen molar-refractivity contribution in [2.75, 3.05) is 6.61 Å². The fraction of sp³-hybridized carbons (Fsp3) is 0.350. The van der Waals surface area contributed by atoms with Gasteiger partial charge in [-0.2, -0.15) is 4.72 Å². The van der Waals surface area contributed by atoms with E-state index in [0.29, 0.717) is 12.4 Å². The van der Waals surface area contributed by atoms with Crippen molar-refractivity contribution in [2.45, 2.75) is 44.2 Å². The highest BCUT2D eigenvalue weighted by Gasteiger charge is 2.27. The first-order chi connectivity index (χ1) is 13.2.